The maximum absolute atomic E-state index is 12.8. The van der Waals surface area contributed by atoms with Crippen molar-refractivity contribution in [2.24, 2.45) is 17.3 Å². The molecule has 1 amide bonds. The number of benzene rings is 2. The van der Waals surface area contributed by atoms with E-state index in [0.29, 0.717) is 35.2 Å². The first-order chi connectivity index (χ1) is 16.3. The van der Waals surface area contributed by atoms with Crippen molar-refractivity contribution in [1.82, 2.24) is 10.2 Å². The second-order valence-corrected chi connectivity index (χ2v) is 11.2. The molecule has 2 aromatic carbocycles. The number of aromatic carboxylic acids is 1. The number of hydrogen-bond acceptors (Lipinski definition) is 4. The molecule has 2 bridgehead atoms. The summed E-state index contributed by atoms with van der Waals surface area (Å²) in [6.07, 6.45) is 5.77. The van der Waals surface area contributed by atoms with Crippen LogP contribution in [-0.4, -0.2) is 52.7 Å². The van der Waals surface area contributed by atoms with E-state index in [1.807, 2.05) is 12.1 Å². The molecular formula is C28H32N2O4. The number of carboxylic acids is 1. The Bertz CT molecular complexity index is 1160. The highest BCUT2D eigenvalue weighted by Gasteiger charge is 2.69. The van der Waals surface area contributed by atoms with Crippen molar-refractivity contribution < 1.29 is 19.8 Å². The lowest BCUT2D eigenvalue weighted by Gasteiger charge is -2.56. The Morgan fingerprint density at radius 3 is 2.56 bits per heavy atom. The fraction of sp³-hybridized carbons (Fsp3) is 0.500. The molecule has 0 aromatic heterocycles. The lowest BCUT2D eigenvalue weighted by Crippen LogP contribution is -2.64. The number of fused-ring (bicyclic) bond motifs is 3. The summed E-state index contributed by atoms with van der Waals surface area (Å²) >= 11 is 0. The van der Waals surface area contributed by atoms with Crippen LogP contribution in [0.5, 0.6) is 5.75 Å². The number of carbonyl (C=O) groups is 2. The summed E-state index contributed by atoms with van der Waals surface area (Å²) < 4.78 is 0. The van der Waals surface area contributed by atoms with E-state index in [-0.39, 0.29) is 16.9 Å². The third-order valence-corrected chi connectivity index (χ3v) is 9.16. The number of hydrogen-bond donors (Lipinski definition) is 3. The number of rotatable bonds is 7. The van der Waals surface area contributed by atoms with Gasteiger partial charge in [0.05, 0.1) is 5.56 Å². The molecule has 1 spiro atoms. The number of aromatic hydroxyl groups is 1. The van der Waals surface area contributed by atoms with Crippen LogP contribution in [0, 0.1) is 17.3 Å². The van der Waals surface area contributed by atoms with E-state index in [2.05, 4.69) is 23.2 Å². The molecule has 4 atom stereocenters. The van der Waals surface area contributed by atoms with E-state index < -0.39 is 5.97 Å². The van der Waals surface area contributed by atoms with E-state index in [4.69, 9.17) is 5.11 Å². The summed E-state index contributed by atoms with van der Waals surface area (Å²) in [5, 5.41) is 22.5. The van der Waals surface area contributed by atoms with Gasteiger partial charge < -0.3 is 15.5 Å². The second kappa shape index (κ2) is 7.57. The van der Waals surface area contributed by atoms with Crippen molar-refractivity contribution in [2.45, 2.75) is 50.5 Å². The zero-order chi connectivity index (χ0) is 23.7. The lowest BCUT2D eigenvalue weighted by molar-refractivity contribution is -0.0692. The van der Waals surface area contributed by atoms with Gasteiger partial charge in [0.25, 0.3) is 5.91 Å². The van der Waals surface area contributed by atoms with Crippen molar-refractivity contribution in [1.29, 1.82) is 0 Å². The van der Waals surface area contributed by atoms with Crippen LogP contribution in [0.3, 0.4) is 0 Å². The standard InChI is InChI=1S/C28H32N2O4/c1-17-24-27(16-30(24)14-18-2-3-18)13-21-8-9-22(31)12-23(21)28(17,15-27)10-11-29-25(32)19-4-6-20(7-5-19)26(33)34/h4-9,12,17-18,24,31H,2-3,10-11,13-16H2,1H3,(H,29,32)(H,33,34)/t17-,24?,27?,28-/m0/s1. The molecule has 1 aliphatic heterocycles. The molecule has 2 unspecified atom stereocenters. The molecular weight excluding hydrogens is 428 g/mol. The van der Waals surface area contributed by atoms with Gasteiger partial charge in [0.1, 0.15) is 5.75 Å². The number of phenols is 1. The predicted octanol–water partition coefficient (Wildman–Crippen LogP) is 3.82. The molecule has 2 saturated carbocycles. The normalized spacial score (nSPS) is 31.3. The van der Waals surface area contributed by atoms with Crippen LogP contribution in [-0.2, 0) is 11.8 Å². The van der Waals surface area contributed by atoms with Gasteiger partial charge in [-0.25, -0.2) is 4.79 Å². The molecule has 2 aromatic rings. The van der Waals surface area contributed by atoms with Crippen LogP contribution in [0.25, 0.3) is 0 Å². The predicted molar refractivity (Wildman–Crippen MR) is 128 cm³/mol. The van der Waals surface area contributed by atoms with Gasteiger partial charge in [-0.1, -0.05) is 13.0 Å². The number of carboxylic acid groups (broad SMARTS) is 1. The number of nitrogens with zero attached hydrogens (tertiary/aromatic N) is 1. The average molecular weight is 461 g/mol. The Morgan fingerprint density at radius 1 is 1.12 bits per heavy atom. The summed E-state index contributed by atoms with van der Waals surface area (Å²) in [5.74, 6) is 0.464. The fourth-order valence-electron chi connectivity index (χ4n) is 7.62. The largest absolute Gasteiger partial charge is 0.508 e. The molecule has 1 heterocycles. The summed E-state index contributed by atoms with van der Waals surface area (Å²) in [4.78, 5) is 26.6. The van der Waals surface area contributed by atoms with E-state index in [1.165, 1.54) is 49.2 Å². The van der Waals surface area contributed by atoms with Crippen LogP contribution in [0.15, 0.2) is 42.5 Å². The van der Waals surface area contributed by atoms with Crippen LogP contribution in [0.4, 0.5) is 0 Å². The topological polar surface area (TPSA) is 89.9 Å². The highest BCUT2D eigenvalue weighted by atomic mass is 16.4. The minimum Gasteiger partial charge on any atom is -0.508 e. The quantitative estimate of drug-likeness (QED) is 0.584. The Morgan fingerprint density at radius 2 is 1.85 bits per heavy atom. The maximum Gasteiger partial charge on any atom is 0.335 e. The zero-order valence-corrected chi connectivity index (χ0v) is 19.6. The van der Waals surface area contributed by atoms with Gasteiger partial charge in [0.2, 0.25) is 0 Å². The molecule has 0 radical (unpaired) electrons. The summed E-state index contributed by atoms with van der Waals surface area (Å²) in [7, 11) is 0. The van der Waals surface area contributed by atoms with E-state index in [1.54, 1.807) is 12.1 Å². The Labute approximate surface area is 200 Å². The molecule has 178 valence electrons. The van der Waals surface area contributed by atoms with Gasteiger partial charge in [0, 0.05) is 42.1 Å². The van der Waals surface area contributed by atoms with Gasteiger partial charge in [-0.3, -0.25) is 9.69 Å². The first-order valence-corrected chi connectivity index (χ1v) is 12.5. The summed E-state index contributed by atoms with van der Waals surface area (Å²) in [6.45, 7) is 5.32. The highest BCUT2D eigenvalue weighted by Crippen LogP contribution is 2.67. The minimum absolute atomic E-state index is 0.0598. The number of phenolic OH excluding ortho intramolecular Hbond substituents is 1. The van der Waals surface area contributed by atoms with Crippen molar-refractivity contribution in [3.8, 4) is 5.75 Å². The lowest BCUT2D eigenvalue weighted by atomic mass is 9.61. The smallest absolute Gasteiger partial charge is 0.335 e. The molecule has 3 aliphatic carbocycles. The SMILES string of the molecule is C[C@H]1C2N(CC3CC3)CC23Cc2ccc(O)cc2[C@@]1(CCNC(=O)c1ccc(C(=O)O)cc1)C3. The van der Waals surface area contributed by atoms with Crippen LogP contribution < -0.4 is 5.32 Å². The fourth-order valence-corrected chi connectivity index (χ4v) is 7.62. The molecule has 6 rings (SSSR count). The average Bonchev–Trinajstić information content (AvgIpc) is 3.60. The zero-order valence-electron chi connectivity index (χ0n) is 19.6. The number of carbonyl (C=O) groups excluding carboxylic acids is 1. The van der Waals surface area contributed by atoms with Gasteiger partial charge in [-0.2, -0.15) is 0 Å². The third-order valence-electron chi connectivity index (χ3n) is 9.16. The molecule has 1 saturated heterocycles. The van der Waals surface area contributed by atoms with Crippen molar-refractivity contribution in [3.63, 3.8) is 0 Å². The number of amides is 1. The molecule has 6 heteroatoms. The molecule has 3 fully saturated rings. The van der Waals surface area contributed by atoms with Crippen LogP contribution >= 0.6 is 0 Å². The number of likely N-dealkylation sites (tertiary alicyclic amines) is 1. The Balaban J connectivity index is 1.23. The van der Waals surface area contributed by atoms with Crippen LogP contribution in [0.2, 0.25) is 0 Å². The van der Waals surface area contributed by atoms with E-state index in [0.717, 1.165) is 25.2 Å². The van der Waals surface area contributed by atoms with Gasteiger partial charge in [-0.15, -0.1) is 0 Å². The summed E-state index contributed by atoms with van der Waals surface area (Å²) in [6, 6.07) is 12.5. The van der Waals surface area contributed by atoms with Crippen LogP contribution in [0.1, 0.15) is 64.4 Å². The Hall–Kier alpha value is -2.86. The van der Waals surface area contributed by atoms with Crippen molar-refractivity contribution in [2.75, 3.05) is 19.6 Å². The first-order valence-electron chi connectivity index (χ1n) is 12.5. The van der Waals surface area contributed by atoms with Crippen molar-refractivity contribution in [3.05, 3.63) is 64.7 Å². The summed E-state index contributed by atoms with van der Waals surface area (Å²) in [5.41, 5.74) is 3.53. The molecule has 34 heavy (non-hydrogen) atoms. The van der Waals surface area contributed by atoms with Crippen molar-refractivity contribution >= 4 is 11.9 Å². The Kier molecular flexibility index (Phi) is 4.82. The van der Waals surface area contributed by atoms with E-state index in [9.17, 15) is 14.7 Å². The van der Waals surface area contributed by atoms with Gasteiger partial charge >= 0.3 is 5.97 Å². The molecule has 6 nitrogen and oxygen atoms in total. The second-order valence-electron chi connectivity index (χ2n) is 11.2. The first kappa shape index (κ1) is 21.7. The minimum atomic E-state index is -1.00. The highest BCUT2D eigenvalue weighted by molar-refractivity contribution is 5.95. The van der Waals surface area contributed by atoms with Gasteiger partial charge in [0.15, 0.2) is 0 Å². The number of nitrogens with one attached hydrogen (secondary N) is 1. The van der Waals surface area contributed by atoms with E-state index >= 15 is 0 Å². The van der Waals surface area contributed by atoms with Gasteiger partial charge in [-0.05, 0) is 91.5 Å². The molecule has 4 aliphatic rings. The maximum atomic E-state index is 12.8. The third kappa shape index (κ3) is 3.26. The monoisotopic (exact) mass is 460 g/mol. The molecule has 3 N–H and O–H groups in total.